The molecule has 0 radical (unpaired) electrons. The lowest BCUT2D eigenvalue weighted by atomic mass is 9.76. The van der Waals surface area contributed by atoms with Gasteiger partial charge in [-0.3, -0.25) is 0 Å². The molecule has 0 N–H and O–H groups in total. The maximum absolute atomic E-state index is 6.54. The number of nitrogens with zero attached hydrogens (tertiary/aromatic N) is 2. The first-order chi connectivity index (χ1) is 18.1. The van der Waals surface area contributed by atoms with Crippen molar-refractivity contribution in [2.24, 2.45) is 9.98 Å². The average Bonchev–Trinajstić information content (AvgIpc) is 3.70. The van der Waals surface area contributed by atoms with Crippen LogP contribution in [0.2, 0.25) is 0 Å². The van der Waals surface area contributed by atoms with Gasteiger partial charge in [0.2, 0.25) is 5.79 Å². The summed E-state index contributed by atoms with van der Waals surface area (Å²) in [4.78, 5) is 10.8. The summed E-state index contributed by atoms with van der Waals surface area (Å²) in [5.74, 6) is -0.942. The Bertz CT molecular complexity index is 1600. The van der Waals surface area contributed by atoms with Crippen molar-refractivity contribution in [3.63, 3.8) is 0 Å². The van der Waals surface area contributed by atoms with Gasteiger partial charge in [0.1, 0.15) is 10.1 Å². The molecular weight excluding hydrogens is 496 g/mol. The van der Waals surface area contributed by atoms with Crippen LogP contribution < -0.4 is 0 Å². The third-order valence-corrected chi connectivity index (χ3v) is 11.4. The predicted molar refractivity (Wildman–Crippen MR) is 152 cm³/mol. The van der Waals surface area contributed by atoms with Gasteiger partial charge in [-0.25, -0.2) is 9.98 Å². The molecule has 37 heavy (non-hydrogen) atoms. The molecule has 3 aromatic carbocycles. The van der Waals surface area contributed by atoms with Crippen LogP contribution in [0, 0.1) is 0 Å². The number of benzene rings is 3. The maximum atomic E-state index is 6.54. The third kappa shape index (κ3) is 2.74. The van der Waals surface area contributed by atoms with Crippen molar-refractivity contribution < 1.29 is 9.47 Å². The van der Waals surface area contributed by atoms with Gasteiger partial charge < -0.3 is 9.47 Å². The summed E-state index contributed by atoms with van der Waals surface area (Å²) in [6.07, 6.45) is 0. The topological polar surface area (TPSA) is 43.2 Å². The highest BCUT2D eigenvalue weighted by Crippen LogP contribution is 2.70. The molecule has 182 valence electrons. The zero-order chi connectivity index (χ0) is 24.8. The zero-order valence-electron chi connectivity index (χ0n) is 20.5. The highest BCUT2D eigenvalue weighted by molar-refractivity contribution is 8.20. The second kappa shape index (κ2) is 7.58. The molecule has 0 aromatic heterocycles. The van der Waals surface area contributed by atoms with Gasteiger partial charge in [-0.1, -0.05) is 108 Å². The fourth-order valence-electron chi connectivity index (χ4n) is 6.24. The molecule has 0 saturated carbocycles. The van der Waals surface area contributed by atoms with Crippen molar-refractivity contribution in [2.75, 3.05) is 13.2 Å². The van der Waals surface area contributed by atoms with Crippen molar-refractivity contribution in [1.29, 1.82) is 0 Å². The highest BCUT2D eigenvalue weighted by Gasteiger charge is 2.67. The molecule has 8 rings (SSSR count). The second-order valence-electron chi connectivity index (χ2n) is 10.1. The summed E-state index contributed by atoms with van der Waals surface area (Å²) in [6.45, 7) is 5.78. The van der Waals surface area contributed by atoms with Crippen LogP contribution in [0.3, 0.4) is 0 Å². The van der Waals surface area contributed by atoms with E-state index in [9.17, 15) is 0 Å². The number of hydrogen-bond donors (Lipinski definition) is 0. The van der Waals surface area contributed by atoms with Crippen LogP contribution in [-0.2, 0) is 15.3 Å². The van der Waals surface area contributed by atoms with Crippen molar-refractivity contribution >= 4 is 39.2 Å². The number of aliphatic imine (C=N–C) groups is 2. The van der Waals surface area contributed by atoms with Crippen LogP contribution in [-0.4, -0.2) is 32.8 Å². The van der Waals surface area contributed by atoms with Crippen LogP contribution in [0.15, 0.2) is 112 Å². The summed E-state index contributed by atoms with van der Waals surface area (Å²) < 4.78 is 12.4. The summed E-state index contributed by atoms with van der Waals surface area (Å²) in [6, 6.07) is 29.5. The van der Waals surface area contributed by atoms with Crippen molar-refractivity contribution in [1.82, 2.24) is 0 Å². The van der Waals surface area contributed by atoms with E-state index in [1.54, 1.807) is 0 Å². The molecule has 4 nitrogen and oxygen atoms in total. The molecule has 1 spiro atoms. The lowest BCUT2D eigenvalue weighted by Gasteiger charge is -2.45. The first kappa shape index (κ1) is 22.1. The number of hydrogen-bond acceptors (Lipinski definition) is 6. The summed E-state index contributed by atoms with van der Waals surface area (Å²) in [7, 11) is 0. The monoisotopic (exact) mass is 520 g/mol. The van der Waals surface area contributed by atoms with Crippen LogP contribution in [0.4, 0.5) is 0 Å². The Balaban J connectivity index is 1.45. The Morgan fingerprint density at radius 1 is 0.649 bits per heavy atom. The molecule has 1 fully saturated rings. The van der Waals surface area contributed by atoms with Crippen LogP contribution in [0.25, 0.3) is 5.57 Å². The fourth-order valence-corrected chi connectivity index (χ4v) is 9.12. The third-order valence-electron chi connectivity index (χ3n) is 8.18. The van der Waals surface area contributed by atoms with Gasteiger partial charge >= 0.3 is 0 Å². The molecule has 3 aromatic rings. The Labute approximate surface area is 224 Å². The SMILES string of the molecule is CC12SC(c3ccccc3)=NC1=C1C(=C3N=C(c4ccccc4)SC32C)C2(OCCO2)c2ccccc21. The van der Waals surface area contributed by atoms with Gasteiger partial charge in [-0.15, -0.1) is 0 Å². The van der Waals surface area contributed by atoms with E-state index in [0.717, 1.165) is 54.9 Å². The van der Waals surface area contributed by atoms with Crippen molar-refractivity contribution in [2.45, 2.75) is 29.1 Å². The van der Waals surface area contributed by atoms with Gasteiger partial charge in [-0.05, 0) is 19.4 Å². The van der Waals surface area contributed by atoms with Crippen LogP contribution in [0.5, 0.6) is 0 Å². The predicted octanol–water partition coefficient (Wildman–Crippen LogP) is 6.78. The highest BCUT2D eigenvalue weighted by atomic mass is 32.2. The van der Waals surface area contributed by atoms with Gasteiger partial charge in [0.15, 0.2) is 0 Å². The molecule has 1 saturated heterocycles. The molecule has 2 atom stereocenters. The lowest BCUT2D eigenvalue weighted by Crippen LogP contribution is -2.49. The normalized spacial score (nSPS) is 28.7. The van der Waals surface area contributed by atoms with Crippen LogP contribution >= 0.6 is 23.5 Å². The Morgan fingerprint density at radius 3 is 1.78 bits per heavy atom. The van der Waals surface area contributed by atoms with Gasteiger partial charge in [0.05, 0.1) is 34.1 Å². The second-order valence-corrected chi connectivity index (χ2v) is 13.0. The largest absolute Gasteiger partial charge is 0.340 e. The van der Waals surface area contributed by atoms with Gasteiger partial charge in [0.25, 0.3) is 0 Å². The van der Waals surface area contributed by atoms with E-state index in [4.69, 9.17) is 19.5 Å². The van der Waals surface area contributed by atoms with Crippen molar-refractivity contribution in [3.05, 3.63) is 124 Å². The fraction of sp³-hybridized carbons (Fsp3) is 0.226. The minimum atomic E-state index is -0.942. The molecule has 3 heterocycles. The van der Waals surface area contributed by atoms with E-state index < -0.39 is 5.79 Å². The lowest BCUT2D eigenvalue weighted by molar-refractivity contribution is -0.127. The Morgan fingerprint density at radius 2 is 1.16 bits per heavy atom. The van der Waals surface area contributed by atoms with Gasteiger partial charge in [0, 0.05) is 27.8 Å². The molecule has 3 aliphatic heterocycles. The Kier molecular flexibility index (Phi) is 4.53. The zero-order valence-corrected chi connectivity index (χ0v) is 22.2. The van der Waals surface area contributed by atoms with Crippen LogP contribution in [0.1, 0.15) is 36.1 Å². The standard InChI is InChI=1S/C31H24N2O2S2/c1-29-25(32-27(36-29)19-11-5-3-6-12-19)23-21-15-9-10-16-22(21)31(34-17-18-35-31)24(23)26-30(29,2)37-28(33-26)20-13-7-4-8-14-20/h3-16H,17-18H2,1-2H3. The molecule has 0 amide bonds. The summed E-state index contributed by atoms with van der Waals surface area (Å²) in [5.41, 5.74) is 8.79. The summed E-state index contributed by atoms with van der Waals surface area (Å²) in [5, 5.41) is 2.08. The molecule has 0 bridgehead atoms. The first-order valence-electron chi connectivity index (χ1n) is 12.6. The Hall–Kier alpha value is -2.90. The molecule has 5 aliphatic rings. The molecular formula is C31H24N2O2S2. The van der Waals surface area contributed by atoms with E-state index in [1.807, 2.05) is 23.5 Å². The first-order valence-corrected chi connectivity index (χ1v) is 14.2. The molecule has 2 aliphatic carbocycles. The smallest absolute Gasteiger partial charge is 0.225 e. The number of thioether (sulfide) groups is 2. The van der Waals surface area contributed by atoms with E-state index in [2.05, 4.69) is 98.8 Å². The maximum Gasteiger partial charge on any atom is 0.225 e. The van der Waals surface area contributed by atoms with E-state index in [0.29, 0.717) is 13.2 Å². The quantitative estimate of drug-likeness (QED) is 0.373. The average molecular weight is 521 g/mol. The molecule has 6 heteroatoms. The summed E-state index contributed by atoms with van der Waals surface area (Å²) >= 11 is 3.70. The van der Waals surface area contributed by atoms with E-state index in [-0.39, 0.29) is 9.49 Å². The number of fused-ring (bicyclic) bond motifs is 8. The number of ether oxygens (including phenoxy) is 2. The van der Waals surface area contributed by atoms with Gasteiger partial charge in [-0.2, -0.15) is 0 Å². The van der Waals surface area contributed by atoms with E-state index >= 15 is 0 Å². The van der Waals surface area contributed by atoms with Crippen molar-refractivity contribution in [3.8, 4) is 0 Å². The molecule has 2 unspecified atom stereocenters. The minimum Gasteiger partial charge on any atom is -0.340 e. The van der Waals surface area contributed by atoms with E-state index in [1.165, 1.54) is 0 Å². The minimum absolute atomic E-state index is 0.339. The number of rotatable bonds is 2.